The van der Waals surface area contributed by atoms with Gasteiger partial charge in [0.2, 0.25) is 0 Å². The summed E-state index contributed by atoms with van der Waals surface area (Å²) >= 11 is 0. The van der Waals surface area contributed by atoms with Crippen molar-refractivity contribution in [3.8, 4) is 11.5 Å². The molecule has 1 fully saturated rings. The van der Waals surface area contributed by atoms with E-state index in [-0.39, 0.29) is 24.8 Å². The van der Waals surface area contributed by atoms with Crippen LogP contribution in [0, 0.1) is 5.92 Å². The molecule has 1 aromatic rings. The van der Waals surface area contributed by atoms with Gasteiger partial charge in [-0.3, -0.25) is 0 Å². The van der Waals surface area contributed by atoms with E-state index in [1.54, 1.807) is 14.2 Å². The first-order valence-corrected chi connectivity index (χ1v) is 7.69. The molecule has 3 atom stereocenters. The molecule has 0 spiro atoms. The molecule has 1 N–H and O–H groups in total. The molecule has 1 aliphatic rings. The van der Waals surface area contributed by atoms with E-state index in [9.17, 15) is 0 Å². The van der Waals surface area contributed by atoms with Crippen molar-refractivity contribution in [1.29, 1.82) is 0 Å². The average molecular weight is 363 g/mol. The molecule has 0 amide bonds. The number of methoxy groups -OCH3 is 2. The Bertz CT molecular complexity index is 474. The maximum Gasteiger partial charge on any atom is 0.161 e. The lowest BCUT2D eigenvalue weighted by Crippen LogP contribution is -3.00. The number of piperidine rings is 1. The van der Waals surface area contributed by atoms with Crippen LogP contribution < -0.4 is 39.6 Å². The summed E-state index contributed by atoms with van der Waals surface area (Å²) in [6, 6.07) is 7.33. The number of ether oxygens (including phenoxy) is 2. The monoisotopic (exact) mass is 362 g/mol. The number of benzene rings is 1. The molecule has 23 heavy (non-hydrogen) atoms. The smallest absolute Gasteiger partial charge is 0.161 e. The Morgan fingerprint density at radius 3 is 2.39 bits per heavy atom. The highest BCUT2D eigenvalue weighted by Crippen LogP contribution is 2.28. The minimum Gasteiger partial charge on any atom is -1.00 e. The number of nitrogens with one attached hydrogen (secondary N) is 1. The number of likely N-dealkylation sites (tertiary alicyclic amines) is 1. The van der Waals surface area contributed by atoms with E-state index in [2.05, 4.69) is 43.2 Å². The van der Waals surface area contributed by atoms with Crippen molar-refractivity contribution >= 4 is 0 Å². The van der Waals surface area contributed by atoms with Crippen molar-refractivity contribution in [2.24, 2.45) is 5.92 Å². The van der Waals surface area contributed by atoms with Gasteiger partial charge in [0.1, 0.15) is 0 Å². The molecule has 1 aromatic carbocycles. The van der Waals surface area contributed by atoms with Crippen LogP contribution in [-0.4, -0.2) is 44.8 Å². The normalized spacial score (nSPS) is 24.3. The van der Waals surface area contributed by atoms with E-state index < -0.39 is 0 Å². The zero-order chi connectivity index (χ0) is 15.4. The molecule has 134 valence electrons. The second-order valence-corrected chi connectivity index (χ2v) is 6.18. The fraction of sp³-hybridized carbons (Fsp3) is 0.647. The predicted molar refractivity (Wildman–Crippen MR) is 86.0 cm³/mol. The second kappa shape index (κ2) is 10.2. The minimum atomic E-state index is 0. The number of hydrogen-bond acceptors (Lipinski definition) is 4. The van der Waals surface area contributed by atoms with E-state index >= 15 is 0 Å². The molecule has 1 aliphatic heterocycles. The third-order valence-electron chi connectivity index (χ3n) is 4.63. The molecule has 0 saturated carbocycles. The summed E-state index contributed by atoms with van der Waals surface area (Å²) in [7, 11) is 5.55. The highest BCUT2D eigenvalue weighted by atomic mass is 35.5. The summed E-state index contributed by atoms with van der Waals surface area (Å²) in [6.45, 7) is 6.65. The van der Waals surface area contributed by atoms with Gasteiger partial charge in [-0.05, 0) is 44.0 Å². The summed E-state index contributed by atoms with van der Waals surface area (Å²) < 4.78 is 10.6. The lowest BCUT2D eigenvalue weighted by atomic mass is 9.89. The quantitative estimate of drug-likeness (QED) is 0.590. The van der Waals surface area contributed by atoms with Crippen molar-refractivity contribution in [2.45, 2.75) is 38.9 Å². The first kappa shape index (κ1) is 22.3. The first-order chi connectivity index (χ1) is 10.0. The van der Waals surface area contributed by atoms with Crippen LogP contribution in [0.4, 0.5) is 0 Å². The molecule has 1 heterocycles. The van der Waals surface area contributed by atoms with Crippen molar-refractivity contribution in [1.82, 2.24) is 10.2 Å². The fourth-order valence-electron chi connectivity index (χ4n) is 3.07. The van der Waals surface area contributed by atoms with Gasteiger partial charge in [0.15, 0.2) is 11.5 Å². The molecule has 0 aliphatic carbocycles. The molecular formula is C17H28Cl2N2O2-2. The largest absolute Gasteiger partial charge is 1.00 e. The number of rotatable bonds is 5. The molecule has 6 heteroatoms. The van der Waals surface area contributed by atoms with E-state index in [1.807, 2.05) is 6.07 Å². The van der Waals surface area contributed by atoms with Crippen molar-refractivity contribution in [3.05, 3.63) is 23.8 Å². The summed E-state index contributed by atoms with van der Waals surface area (Å²) in [5.41, 5.74) is 1.23. The zero-order valence-corrected chi connectivity index (χ0v) is 16.1. The summed E-state index contributed by atoms with van der Waals surface area (Å²) in [5, 5.41) is 3.70. The first-order valence-electron chi connectivity index (χ1n) is 7.69. The Hall–Kier alpha value is -0.680. The Kier molecular flexibility index (Phi) is 9.94. The number of hydrogen-bond donors (Lipinski definition) is 1. The van der Waals surface area contributed by atoms with Crippen molar-refractivity contribution < 1.29 is 34.3 Å². The van der Waals surface area contributed by atoms with Crippen LogP contribution in [0.5, 0.6) is 11.5 Å². The highest BCUT2D eigenvalue weighted by Gasteiger charge is 2.28. The van der Waals surface area contributed by atoms with Gasteiger partial charge in [-0.2, -0.15) is 0 Å². The van der Waals surface area contributed by atoms with Gasteiger partial charge in [-0.15, -0.1) is 0 Å². The Labute approximate surface area is 152 Å². The highest BCUT2D eigenvalue weighted by molar-refractivity contribution is 5.42. The van der Waals surface area contributed by atoms with Crippen LogP contribution in [0.25, 0.3) is 0 Å². The van der Waals surface area contributed by atoms with Gasteiger partial charge in [-0.1, -0.05) is 13.0 Å². The summed E-state index contributed by atoms with van der Waals surface area (Å²) in [4.78, 5) is 2.44. The molecular weight excluding hydrogens is 335 g/mol. The van der Waals surface area contributed by atoms with Gasteiger partial charge in [0, 0.05) is 25.2 Å². The third-order valence-corrected chi connectivity index (χ3v) is 4.63. The maximum atomic E-state index is 5.36. The summed E-state index contributed by atoms with van der Waals surface area (Å²) in [6.07, 6.45) is 1.20. The zero-order valence-electron chi connectivity index (χ0n) is 14.6. The van der Waals surface area contributed by atoms with Crippen LogP contribution in [0.1, 0.15) is 25.8 Å². The van der Waals surface area contributed by atoms with Gasteiger partial charge in [0.25, 0.3) is 0 Å². The molecule has 0 radical (unpaired) electrons. The lowest BCUT2D eigenvalue weighted by molar-refractivity contribution is -0.001000. The molecule has 1 saturated heterocycles. The molecule has 0 aromatic heterocycles. The molecule has 0 bridgehead atoms. The van der Waals surface area contributed by atoms with E-state index in [4.69, 9.17) is 9.47 Å². The summed E-state index contributed by atoms with van der Waals surface area (Å²) in [5.74, 6) is 2.25. The minimum absolute atomic E-state index is 0. The van der Waals surface area contributed by atoms with E-state index in [0.717, 1.165) is 24.6 Å². The van der Waals surface area contributed by atoms with Gasteiger partial charge >= 0.3 is 0 Å². The molecule has 2 rings (SSSR count). The lowest BCUT2D eigenvalue weighted by Gasteiger charge is -2.40. The van der Waals surface area contributed by atoms with E-state index in [1.165, 1.54) is 12.0 Å². The predicted octanol–water partition coefficient (Wildman–Crippen LogP) is -3.47. The van der Waals surface area contributed by atoms with Crippen LogP contribution in [-0.2, 0) is 6.54 Å². The number of halogens is 2. The second-order valence-electron chi connectivity index (χ2n) is 6.18. The van der Waals surface area contributed by atoms with Crippen molar-refractivity contribution in [2.75, 3.05) is 27.8 Å². The number of nitrogens with zero attached hydrogens (tertiary/aromatic N) is 1. The van der Waals surface area contributed by atoms with E-state index in [0.29, 0.717) is 18.0 Å². The van der Waals surface area contributed by atoms with Crippen LogP contribution in [0.3, 0.4) is 0 Å². The van der Waals surface area contributed by atoms with Gasteiger partial charge < -0.3 is 44.5 Å². The Balaban J connectivity index is 0.00000242. The maximum absolute atomic E-state index is 5.36. The van der Waals surface area contributed by atoms with Crippen LogP contribution in [0.2, 0.25) is 0 Å². The molecule has 4 nitrogen and oxygen atoms in total. The Morgan fingerprint density at radius 2 is 1.78 bits per heavy atom. The third kappa shape index (κ3) is 5.71. The molecule has 3 unspecified atom stereocenters. The SMILES string of the molecule is COc1ccc(CNC2CC(C)N(C)CC2C)cc1OC.[Cl-].[Cl-]. The van der Waals surface area contributed by atoms with Crippen molar-refractivity contribution in [3.63, 3.8) is 0 Å². The fourth-order valence-corrected chi connectivity index (χ4v) is 3.07. The Morgan fingerprint density at radius 1 is 1.13 bits per heavy atom. The van der Waals surface area contributed by atoms with Crippen LogP contribution in [0.15, 0.2) is 18.2 Å². The standard InChI is InChI=1S/C17H28N2O2.2ClH/c1-12-11-19(3)13(2)8-15(12)18-10-14-6-7-16(20-4)17(9-14)21-5;;/h6-7,9,12-13,15,18H,8,10-11H2,1-5H3;2*1H/p-2. The topological polar surface area (TPSA) is 33.7 Å². The average Bonchev–Trinajstić information content (AvgIpc) is 2.49. The van der Waals surface area contributed by atoms with Gasteiger partial charge in [-0.25, -0.2) is 0 Å². The van der Waals surface area contributed by atoms with Crippen LogP contribution >= 0.6 is 0 Å². The van der Waals surface area contributed by atoms with Gasteiger partial charge in [0.05, 0.1) is 14.2 Å².